The summed E-state index contributed by atoms with van der Waals surface area (Å²) < 4.78 is 2.76. The van der Waals surface area contributed by atoms with Gasteiger partial charge in [-0.2, -0.15) is 0 Å². The van der Waals surface area contributed by atoms with E-state index in [1.54, 1.807) is 0 Å². The molecule has 5 heteroatoms. The van der Waals surface area contributed by atoms with Gasteiger partial charge in [-0.25, -0.2) is 3.53 Å². The van der Waals surface area contributed by atoms with Gasteiger partial charge in [0.25, 0.3) is 0 Å². The third-order valence-corrected chi connectivity index (χ3v) is 3.28. The predicted molar refractivity (Wildman–Crippen MR) is 70.6 cm³/mol. The van der Waals surface area contributed by atoms with E-state index in [1.165, 1.54) is 0 Å². The van der Waals surface area contributed by atoms with Crippen molar-refractivity contribution >= 4 is 39.7 Å². The van der Waals surface area contributed by atoms with Gasteiger partial charge in [0.1, 0.15) is 6.04 Å². The van der Waals surface area contributed by atoms with Crippen LogP contribution in [0, 0.1) is 0 Å². The molecule has 0 amide bonds. The van der Waals surface area contributed by atoms with E-state index in [2.05, 4.69) is 8.51 Å². The molecule has 1 atom stereocenters. The summed E-state index contributed by atoms with van der Waals surface area (Å²) >= 11 is 1.87. The molecule has 1 aromatic heterocycles. The highest BCUT2D eigenvalue weighted by Crippen LogP contribution is 2.19. The van der Waals surface area contributed by atoms with Crippen LogP contribution < -0.4 is 3.53 Å². The number of rotatable bonds is 4. The topological polar surface area (TPSA) is 65.1 Å². The fourth-order valence-electron chi connectivity index (χ4n) is 1.69. The van der Waals surface area contributed by atoms with Crippen LogP contribution in [0.25, 0.3) is 10.9 Å². The quantitative estimate of drug-likeness (QED) is 0.594. The van der Waals surface area contributed by atoms with Crippen LogP contribution in [-0.4, -0.2) is 22.1 Å². The van der Waals surface area contributed by atoms with E-state index in [-0.39, 0.29) is 0 Å². The Morgan fingerprint density at radius 3 is 2.94 bits per heavy atom. The Labute approximate surface area is 107 Å². The van der Waals surface area contributed by atoms with Gasteiger partial charge in [-0.1, -0.05) is 18.2 Å². The number of aromatic nitrogens is 1. The summed E-state index contributed by atoms with van der Waals surface area (Å²) in [4.78, 5) is 14.0. The van der Waals surface area contributed by atoms with E-state index in [0.29, 0.717) is 6.42 Å². The standard InChI is InChI=1S/C11H11IN2O2/c12-14-10(11(15)16)5-7-6-13-9-4-2-1-3-8(7)9/h1-4,6,10,13-14H,5H2,(H,15,16)/t10-/m0/s1. The van der Waals surface area contributed by atoms with Gasteiger partial charge in [0.2, 0.25) is 0 Å². The second kappa shape index (κ2) is 4.84. The molecular weight excluding hydrogens is 319 g/mol. The Kier molecular flexibility index (Phi) is 3.45. The molecule has 1 heterocycles. The summed E-state index contributed by atoms with van der Waals surface area (Å²) in [5.74, 6) is -0.834. The number of para-hydroxylation sites is 1. The minimum Gasteiger partial charge on any atom is -0.480 e. The van der Waals surface area contributed by atoms with Crippen molar-refractivity contribution < 1.29 is 9.90 Å². The normalized spacial score (nSPS) is 12.8. The Bertz CT molecular complexity index is 509. The highest BCUT2D eigenvalue weighted by molar-refractivity contribution is 14.1. The largest absolute Gasteiger partial charge is 0.480 e. The highest BCUT2D eigenvalue weighted by atomic mass is 127. The molecule has 4 nitrogen and oxygen atoms in total. The molecule has 0 radical (unpaired) electrons. The van der Waals surface area contributed by atoms with Crippen molar-refractivity contribution in [1.82, 2.24) is 8.51 Å². The van der Waals surface area contributed by atoms with Crippen LogP contribution in [0.1, 0.15) is 5.56 Å². The third kappa shape index (κ3) is 2.19. The number of fused-ring (bicyclic) bond motifs is 1. The van der Waals surface area contributed by atoms with Gasteiger partial charge in [-0.3, -0.25) is 4.79 Å². The van der Waals surface area contributed by atoms with Crippen LogP contribution in [0.4, 0.5) is 0 Å². The molecule has 16 heavy (non-hydrogen) atoms. The lowest BCUT2D eigenvalue weighted by Gasteiger charge is -2.08. The lowest BCUT2D eigenvalue weighted by molar-refractivity contribution is -0.138. The van der Waals surface area contributed by atoms with E-state index in [9.17, 15) is 4.79 Å². The van der Waals surface area contributed by atoms with Crippen LogP contribution in [-0.2, 0) is 11.2 Å². The smallest absolute Gasteiger partial charge is 0.321 e. The van der Waals surface area contributed by atoms with Crippen LogP contribution in [0.2, 0.25) is 0 Å². The highest BCUT2D eigenvalue weighted by Gasteiger charge is 2.17. The summed E-state index contributed by atoms with van der Waals surface area (Å²) in [6.45, 7) is 0. The lowest BCUT2D eigenvalue weighted by Crippen LogP contribution is -2.32. The number of halogens is 1. The SMILES string of the molecule is O=C(O)[C@H](Cc1c[nH]c2ccccc12)NI. The Morgan fingerprint density at radius 1 is 1.50 bits per heavy atom. The zero-order valence-corrected chi connectivity index (χ0v) is 10.6. The van der Waals surface area contributed by atoms with Gasteiger partial charge in [0.05, 0.1) is 0 Å². The summed E-state index contributed by atoms with van der Waals surface area (Å²) in [7, 11) is 0. The van der Waals surface area contributed by atoms with Crippen LogP contribution >= 0.6 is 22.9 Å². The molecule has 1 aromatic carbocycles. The molecule has 2 aromatic rings. The van der Waals surface area contributed by atoms with Crippen molar-refractivity contribution in [3.8, 4) is 0 Å². The average molecular weight is 330 g/mol. The van der Waals surface area contributed by atoms with Gasteiger partial charge >= 0.3 is 5.97 Å². The second-order valence-electron chi connectivity index (χ2n) is 3.56. The first-order chi connectivity index (χ1) is 7.72. The monoisotopic (exact) mass is 330 g/mol. The Morgan fingerprint density at radius 2 is 2.25 bits per heavy atom. The number of hydrogen-bond donors (Lipinski definition) is 3. The molecule has 0 fully saturated rings. The molecule has 0 aliphatic carbocycles. The van der Waals surface area contributed by atoms with Gasteiger partial charge < -0.3 is 10.1 Å². The molecule has 0 bridgehead atoms. The molecular formula is C11H11IN2O2. The summed E-state index contributed by atoms with van der Waals surface area (Å²) in [5.41, 5.74) is 2.06. The second-order valence-corrected chi connectivity index (χ2v) is 4.19. The van der Waals surface area contributed by atoms with Gasteiger partial charge in [-0.05, 0) is 11.6 Å². The van der Waals surface area contributed by atoms with Gasteiger partial charge in [0.15, 0.2) is 0 Å². The van der Waals surface area contributed by atoms with Crippen molar-refractivity contribution in [2.75, 3.05) is 0 Å². The molecule has 84 valence electrons. The van der Waals surface area contributed by atoms with Crippen molar-refractivity contribution in [1.29, 1.82) is 0 Å². The molecule has 0 unspecified atom stereocenters. The number of carboxylic acids is 1. The number of benzene rings is 1. The molecule has 3 N–H and O–H groups in total. The molecule has 0 aliphatic rings. The van der Waals surface area contributed by atoms with Crippen molar-refractivity contribution in [2.24, 2.45) is 0 Å². The minimum absolute atomic E-state index is 0.474. The summed E-state index contributed by atoms with van der Waals surface area (Å²) in [6.07, 6.45) is 2.34. The maximum atomic E-state index is 10.9. The number of carbonyl (C=O) groups is 1. The molecule has 0 saturated carbocycles. The third-order valence-electron chi connectivity index (χ3n) is 2.53. The minimum atomic E-state index is -0.834. The number of hydrogen-bond acceptors (Lipinski definition) is 2. The van der Waals surface area contributed by atoms with Gasteiger partial charge in [-0.15, -0.1) is 0 Å². The maximum absolute atomic E-state index is 10.9. The number of carboxylic acid groups (broad SMARTS) is 1. The van der Waals surface area contributed by atoms with Crippen molar-refractivity contribution in [3.05, 3.63) is 36.0 Å². The first kappa shape index (κ1) is 11.4. The predicted octanol–water partition coefficient (Wildman–Crippen LogP) is 2.10. The van der Waals surface area contributed by atoms with Crippen LogP contribution in [0.15, 0.2) is 30.5 Å². The van der Waals surface area contributed by atoms with Gasteiger partial charge in [0, 0.05) is 46.4 Å². The molecule has 0 aliphatic heterocycles. The van der Waals surface area contributed by atoms with E-state index in [1.807, 2.05) is 53.3 Å². The zero-order chi connectivity index (χ0) is 11.5. The summed E-state index contributed by atoms with van der Waals surface area (Å²) in [5, 5.41) is 10.1. The van der Waals surface area contributed by atoms with E-state index in [4.69, 9.17) is 5.11 Å². The lowest BCUT2D eigenvalue weighted by atomic mass is 10.1. The first-order valence-corrected chi connectivity index (χ1v) is 5.94. The number of aromatic amines is 1. The number of aliphatic carboxylic acids is 1. The van der Waals surface area contributed by atoms with E-state index >= 15 is 0 Å². The molecule has 0 saturated heterocycles. The van der Waals surface area contributed by atoms with Crippen LogP contribution in [0.5, 0.6) is 0 Å². The number of nitrogens with one attached hydrogen (secondary N) is 2. The van der Waals surface area contributed by atoms with Crippen molar-refractivity contribution in [2.45, 2.75) is 12.5 Å². The first-order valence-electron chi connectivity index (χ1n) is 4.86. The average Bonchev–Trinajstić information content (AvgIpc) is 2.69. The molecule has 2 rings (SSSR count). The van der Waals surface area contributed by atoms with Crippen molar-refractivity contribution in [3.63, 3.8) is 0 Å². The number of H-pyrrole nitrogens is 1. The Hall–Kier alpha value is -1.08. The van der Waals surface area contributed by atoms with E-state index < -0.39 is 12.0 Å². The zero-order valence-electron chi connectivity index (χ0n) is 8.40. The fraction of sp³-hybridized carbons (Fsp3) is 0.182. The maximum Gasteiger partial charge on any atom is 0.321 e. The summed E-state index contributed by atoms with van der Waals surface area (Å²) in [6, 6.07) is 7.32. The van der Waals surface area contributed by atoms with E-state index in [0.717, 1.165) is 16.5 Å². The Balaban J connectivity index is 2.30. The fourth-order valence-corrected chi connectivity index (χ4v) is 2.18. The van der Waals surface area contributed by atoms with Crippen LogP contribution in [0.3, 0.4) is 0 Å². The molecule has 0 spiro atoms.